The molecule has 1 spiro atoms. The summed E-state index contributed by atoms with van der Waals surface area (Å²) >= 11 is 5.96. The average Bonchev–Trinajstić information content (AvgIpc) is 2.45. The van der Waals surface area contributed by atoms with E-state index in [1.807, 2.05) is 12.1 Å². The molecule has 0 atom stereocenters. The highest BCUT2D eigenvalue weighted by molar-refractivity contribution is 6.30. The molecule has 3 rings (SSSR count). The SMILES string of the molecule is Nc1cc(Cl)ccc1CN1CCC2(CCCCC2)CC1. The molecule has 2 fully saturated rings. The summed E-state index contributed by atoms with van der Waals surface area (Å²) in [4.78, 5) is 2.56. The summed E-state index contributed by atoms with van der Waals surface area (Å²) in [6.45, 7) is 3.42. The van der Waals surface area contributed by atoms with Crippen LogP contribution in [-0.2, 0) is 6.54 Å². The third-order valence-electron chi connectivity index (χ3n) is 5.33. The van der Waals surface area contributed by atoms with Crippen molar-refractivity contribution < 1.29 is 0 Å². The maximum Gasteiger partial charge on any atom is 0.0426 e. The van der Waals surface area contributed by atoms with Crippen LogP contribution >= 0.6 is 11.6 Å². The van der Waals surface area contributed by atoms with E-state index in [-0.39, 0.29) is 0 Å². The fourth-order valence-electron chi connectivity index (χ4n) is 3.94. The van der Waals surface area contributed by atoms with Crippen LogP contribution in [0.4, 0.5) is 5.69 Å². The smallest absolute Gasteiger partial charge is 0.0426 e. The number of anilines is 1. The third-order valence-corrected chi connectivity index (χ3v) is 5.57. The Morgan fingerprint density at radius 2 is 1.75 bits per heavy atom. The number of benzene rings is 1. The predicted octanol–water partition coefficient (Wildman–Crippen LogP) is 4.47. The first-order valence-corrected chi connectivity index (χ1v) is 8.31. The molecule has 0 radical (unpaired) electrons. The molecule has 0 amide bonds. The van der Waals surface area contributed by atoms with Crippen molar-refractivity contribution in [2.24, 2.45) is 5.41 Å². The van der Waals surface area contributed by atoms with Gasteiger partial charge in [0.15, 0.2) is 0 Å². The van der Waals surface area contributed by atoms with Gasteiger partial charge in [-0.05, 0) is 61.9 Å². The quantitative estimate of drug-likeness (QED) is 0.815. The van der Waals surface area contributed by atoms with Gasteiger partial charge in [-0.1, -0.05) is 36.9 Å². The summed E-state index contributed by atoms with van der Waals surface area (Å²) in [7, 11) is 0. The molecule has 1 aromatic carbocycles. The first-order chi connectivity index (χ1) is 9.67. The Hall–Kier alpha value is -0.730. The number of hydrogen-bond donors (Lipinski definition) is 1. The fourth-order valence-corrected chi connectivity index (χ4v) is 4.12. The van der Waals surface area contributed by atoms with Crippen molar-refractivity contribution in [3.05, 3.63) is 28.8 Å². The van der Waals surface area contributed by atoms with Gasteiger partial charge >= 0.3 is 0 Å². The topological polar surface area (TPSA) is 29.3 Å². The van der Waals surface area contributed by atoms with Crippen molar-refractivity contribution in [1.82, 2.24) is 4.90 Å². The Bertz CT molecular complexity index is 456. The van der Waals surface area contributed by atoms with Gasteiger partial charge in [0.05, 0.1) is 0 Å². The molecule has 110 valence electrons. The van der Waals surface area contributed by atoms with Crippen molar-refractivity contribution in [3.8, 4) is 0 Å². The van der Waals surface area contributed by atoms with Gasteiger partial charge in [0.2, 0.25) is 0 Å². The molecule has 3 heteroatoms. The molecule has 1 saturated carbocycles. The second kappa shape index (κ2) is 5.95. The number of likely N-dealkylation sites (tertiary alicyclic amines) is 1. The van der Waals surface area contributed by atoms with Crippen LogP contribution in [0.15, 0.2) is 18.2 Å². The van der Waals surface area contributed by atoms with E-state index in [1.54, 1.807) is 0 Å². The van der Waals surface area contributed by atoms with E-state index in [9.17, 15) is 0 Å². The van der Waals surface area contributed by atoms with Gasteiger partial charge in [0, 0.05) is 17.3 Å². The van der Waals surface area contributed by atoms with Crippen LogP contribution in [0.25, 0.3) is 0 Å². The van der Waals surface area contributed by atoms with Crippen molar-refractivity contribution in [2.45, 2.75) is 51.5 Å². The molecule has 1 saturated heterocycles. The Balaban J connectivity index is 1.58. The van der Waals surface area contributed by atoms with Gasteiger partial charge in [0.1, 0.15) is 0 Å². The van der Waals surface area contributed by atoms with E-state index in [1.165, 1.54) is 63.6 Å². The predicted molar refractivity (Wildman–Crippen MR) is 85.9 cm³/mol. The molecule has 1 aromatic rings. The van der Waals surface area contributed by atoms with Gasteiger partial charge in [-0.3, -0.25) is 4.90 Å². The van der Waals surface area contributed by atoms with Crippen LogP contribution in [0.2, 0.25) is 5.02 Å². The molecule has 2 N–H and O–H groups in total. The summed E-state index contributed by atoms with van der Waals surface area (Å²) < 4.78 is 0. The van der Waals surface area contributed by atoms with E-state index in [0.717, 1.165) is 17.3 Å². The summed E-state index contributed by atoms with van der Waals surface area (Å²) in [5.41, 5.74) is 8.79. The molecule has 20 heavy (non-hydrogen) atoms. The zero-order chi connectivity index (χ0) is 14.0. The average molecular weight is 293 g/mol. The summed E-state index contributed by atoms with van der Waals surface area (Å²) in [6, 6.07) is 5.88. The molecule has 1 aliphatic carbocycles. The molecule has 2 aliphatic rings. The monoisotopic (exact) mass is 292 g/mol. The number of halogens is 1. The number of nitrogens with zero attached hydrogens (tertiary/aromatic N) is 1. The number of piperidine rings is 1. The minimum absolute atomic E-state index is 0.681. The molecular formula is C17H25ClN2. The van der Waals surface area contributed by atoms with Crippen molar-refractivity contribution >= 4 is 17.3 Å². The van der Waals surface area contributed by atoms with Crippen molar-refractivity contribution in [1.29, 1.82) is 0 Å². The number of nitrogen functional groups attached to an aromatic ring is 1. The number of rotatable bonds is 2. The third kappa shape index (κ3) is 3.12. The maximum atomic E-state index is 6.06. The van der Waals surface area contributed by atoms with E-state index in [4.69, 9.17) is 17.3 Å². The summed E-state index contributed by atoms with van der Waals surface area (Å²) in [6.07, 6.45) is 10.0. The zero-order valence-corrected chi connectivity index (χ0v) is 13.0. The van der Waals surface area contributed by atoms with Crippen LogP contribution in [0.5, 0.6) is 0 Å². The fraction of sp³-hybridized carbons (Fsp3) is 0.647. The molecule has 0 unspecified atom stereocenters. The maximum absolute atomic E-state index is 6.06. The molecule has 0 aromatic heterocycles. The van der Waals surface area contributed by atoms with Gasteiger partial charge in [-0.15, -0.1) is 0 Å². The largest absolute Gasteiger partial charge is 0.398 e. The zero-order valence-electron chi connectivity index (χ0n) is 12.2. The molecule has 2 nitrogen and oxygen atoms in total. The van der Waals surface area contributed by atoms with E-state index < -0.39 is 0 Å². The van der Waals surface area contributed by atoms with Gasteiger partial charge in [-0.25, -0.2) is 0 Å². The lowest BCUT2D eigenvalue weighted by atomic mass is 9.68. The number of hydrogen-bond acceptors (Lipinski definition) is 2. The second-order valence-corrected chi connectivity index (χ2v) is 7.12. The molecule has 1 heterocycles. The first-order valence-electron chi connectivity index (χ1n) is 7.93. The van der Waals surface area contributed by atoms with Gasteiger partial charge < -0.3 is 5.73 Å². The number of nitrogens with two attached hydrogens (primary N) is 1. The molecule has 0 bridgehead atoms. The van der Waals surface area contributed by atoms with Crippen LogP contribution < -0.4 is 5.73 Å². The Morgan fingerprint density at radius 3 is 2.40 bits per heavy atom. The Kier molecular flexibility index (Phi) is 4.23. The van der Waals surface area contributed by atoms with Gasteiger partial charge in [-0.2, -0.15) is 0 Å². The van der Waals surface area contributed by atoms with Crippen LogP contribution in [0, 0.1) is 5.41 Å². The van der Waals surface area contributed by atoms with Crippen LogP contribution in [-0.4, -0.2) is 18.0 Å². The highest BCUT2D eigenvalue weighted by Gasteiger charge is 2.35. The molecule has 1 aliphatic heterocycles. The van der Waals surface area contributed by atoms with E-state index in [0.29, 0.717) is 5.41 Å². The summed E-state index contributed by atoms with van der Waals surface area (Å²) in [5.74, 6) is 0. The highest BCUT2D eigenvalue weighted by Crippen LogP contribution is 2.44. The summed E-state index contributed by atoms with van der Waals surface area (Å²) in [5, 5.41) is 0.728. The normalized spacial score (nSPS) is 23.1. The lowest BCUT2D eigenvalue weighted by Crippen LogP contribution is -2.40. The van der Waals surface area contributed by atoms with Crippen molar-refractivity contribution in [3.63, 3.8) is 0 Å². The van der Waals surface area contributed by atoms with Crippen LogP contribution in [0.1, 0.15) is 50.5 Å². The minimum atomic E-state index is 0.681. The Morgan fingerprint density at radius 1 is 1.05 bits per heavy atom. The standard InChI is InChI=1S/C17H25ClN2/c18-15-5-4-14(16(19)12-15)13-20-10-8-17(9-11-20)6-2-1-3-7-17/h4-5,12H,1-3,6-11,13,19H2. The highest BCUT2D eigenvalue weighted by atomic mass is 35.5. The second-order valence-electron chi connectivity index (χ2n) is 6.68. The van der Waals surface area contributed by atoms with Gasteiger partial charge in [0.25, 0.3) is 0 Å². The first kappa shape index (κ1) is 14.2. The Labute approximate surface area is 127 Å². The lowest BCUT2D eigenvalue weighted by Gasteiger charge is -2.44. The lowest BCUT2D eigenvalue weighted by molar-refractivity contribution is 0.0642. The van der Waals surface area contributed by atoms with Crippen LogP contribution in [0.3, 0.4) is 0 Å². The molecular weight excluding hydrogens is 268 g/mol. The van der Waals surface area contributed by atoms with E-state index >= 15 is 0 Å². The van der Waals surface area contributed by atoms with E-state index in [2.05, 4.69) is 11.0 Å². The minimum Gasteiger partial charge on any atom is -0.398 e. The van der Waals surface area contributed by atoms with Crippen molar-refractivity contribution in [2.75, 3.05) is 18.8 Å².